The second-order valence-corrected chi connectivity index (χ2v) is 7.82. The molecule has 3 aromatic rings. The summed E-state index contributed by atoms with van der Waals surface area (Å²) in [6, 6.07) is 15.4. The monoisotopic (exact) mass is 433 g/mol. The molecular formula is C24H20FN3O2S. The van der Waals surface area contributed by atoms with Crippen molar-refractivity contribution in [2.75, 3.05) is 4.90 Å². The van der Waals surface area contributed by atoms with E-state index >= 15 is 0 Å². The van der Waals surface area contributed by atoms with Gasteiger partial charge in [0.1, 0.15) is 11.4 Å². The van der Waals surface area contributed by atoms with Crippen LogP contribution < -0.4 is 10.2 Å². The van der Waals surface area contributed by atoms with Gasteiger partial charge in [-0.1, -0.05) is 17.7 Å². The van der Waals surface area contributed by atoms with Crippen LogP contribution in [-0.2, 0) is 9.59 Å². The summed E-state index contributed by atoms with van der Waals surface area (Å²) in [4.78, 5) is 27.1. The minimum absolute atomic E-state index is 0.00599. The van der Waals surface area contributed by atoms with E-state index in [-0.39, 0.29) is 16.5 Å². The molecule has 1 aliphatic rings. The van der Waals surface area contributed by atoms with Gasteiger partial charge in [0.15, 0.2) is 5.11 Å². The molecule has 1 N–H and O–H groups in total. The average molecular weight is 434 g/mol. The molecule has 0 unspecified atom stereocenters. The largest absolute Gasteiger partial charge is 0.318 e. The smallest absolute Gasteiger partial charge is 0.270 e. The van der Waals surface area contributed by atoms with Gasteiger partial charge in [-0.3, -0.25) is 19.8 Å². The van der Waals surface area contributed by atoms with Crippen LogP contribution in [0.2, 0.25) is 0 Å². The molecule has 0 saturated carbocycles. The molecule has 1 saturated heterocycles. The Labute approximate surface area is 184 Å². The molecule has 156 valence electrons. The third-order valence-corrected chi connectivity index (χ3v) is 5.53. The normalized spacial score (nSPS) is 15.5. The fraction of sp³-hybridized carbons (Fsp3) is 0.125. The van der Waals surface area contributed by atoms with Crippen molar-refractivity contribution in [3.05, 3.63) is 88.5 Å². The van der Waals surface area contributed by atoms with Gasteiger partial charge in [-0.15, -0.1) is 0 Å². The molecule has 2 heterocycles. The standard InChI is InChI=1S/C24H20FN3O2S/c1-14-4-8-20(9-5-14)28-23(30)21(22(29)26-24(28)31)13-17-12-15(2)27(16(17)3)19-10-6-18(25)7-11-19/h4-13H,1-3H3,(H,26,29,31). The topological polar surface area (TPSA) is 54.3 Å². The van der Waals surface area contributed by atoms with Crippen LogP contribution in [0, 0.1) is 26.6 Å². The van der Waals surface area contributed by atoms with Crippen molar-refractivity contribution in [3.8, 4) is 5.69 Å². The third kappa shape index (κ3) is 3.80. The Balaban J connectivity index is 1.75. The predicted molar refractivity (Wildman–Crippen MR) is 123 cm³/mol. The number of carbonyl (C=O) groups is 2. The predicted octanol–water partition coefficient (Wildman–Crippen LogP) is 4.37. The van der Waals surface area contributed by atoms with Crippen LogP contribution in [0.15, 0.2) is 60.2 Å². The van der Waals surface area contributed by atoms with Crippen molar-refractivity contribution in [2.45, 2.75) is 20.8 Å². The zero-order chi connectivity index (χ0) is 22.3. The molecule has 0 bridgehead atoms. The fourth-order valence-electron chi connectivity index (χ4n) is 3.66. The van der Waals surface area contributed by atoms with E-state index in [9.17, 15) is 14.0 Å². The number of hydrogen-bond donors (Lipinski definition) is 1. The van der Waals surface area contributed by atoms with Crippen LogP contribution in [-0.4, -0.2) is 21.5 Å². The molecule has 0 radical (unpaired) electrons. The molecule has 0 atom stereocenters. The molecule has 1 aromatic heterocycles. The Morgan fingerprint density at radius 3 is 2.19 bits per heavy atom. The molecule has 1 fully saturated rings. The van der Waals surface area contributed by atoms with Gasteiger partial charge < -0.3 is 4.57 Å². The van der Waals surface area contributed by atoms with Crippen molar-refractivity contribution in [3.63, 3.8) is 0 Å². The van der Waals surface area contributed by atoms with Gasteiger partial charge in [-0.25, -0.2) is 4.39 Å². The molecular weight excluding hydrogens is 413 g/mol. The zero-order valence-electron chi connectivity index (χ0n) is 17.3. The summed E-state index contributed by atoms with van der Waals surface area (Å²) in [5, 5.41) is 2.65. The van der Waals surface area contributed by atoms with Crippen molar-refractivity contribution in [2.24, 2.45) is 0 Å². The average Bonchev–Trinajstić information content (AvgIpc) is 3.00. The first-order chi connectivity index (χ1) is 14.8. The number of nitrogens with one attached hydrogen (secondary N) is 1. The highest BCUT2D eigenvalue weighted by atomic mass is 32.1. The maximum absolute atomic E-state index is 13.3. The number of anilines is 1. The Bertz CT molecular complexity index is 1240. The summed E-state index contributed by atoms with van der Waals surface area (Å²) in [6.07, 6.45) is 1.57. The van der Waals surface area contributed by atoms with Crippen LogP contribution in [0.3, 0.4) is 0 Å². The molecule has 1 aliphatic heterocycles. The quantitative estimate of drug-likeness (QED) is 0.379. The van der Waals surface area contributed by atoms with Gasteiger partial charge in [-0.05, 0) is 87.1 Å². The van der Waals surface area contributed by atoms with Crippen LogP contribution in [0.5, 0.6) is 0 Å². The van der Waals surface area contributed by atoms with E-state index in [1.54, 1.807) is 30.3 Å². The van der Waals surface area contributed by atoms with E-state index in [1.165, 1.54) is 17.0 Å². The maximum Gasteiger partial charge on any atom is 0.270 e. The first-order valence-electron chi connectivity index (χ1n) is 9.69. The number of thiocarbonyl (C=S) groups is 1. The third-order valence-electron chi connectivity index (χ3n) is 5.25. The molecule has 4 rings (SSSR count). The number of aryl methyl sites for hydroxylation is 2. The lowest BCUT2D eigenvalue weighted by atomic mass is 10.1. The maximum atomic E-state index is 13.3. The summed E-state index contributed by atoms with van der Waals surface area (Å²) < 4.78 is 15.3. The van der Waals surface area contributed by atoms with Gasteiger partial charge >= 0.3 is 0 Å². The highest BCUT2D eigenvalue weighted by molar-refractivity contribution is 7.80. The van der Waals surface area contributed by atoms with E-state index in [1.807, 2.05) is 43.5 Å². The fourth-order valence-corrected chi connectivity index (χ4v) is 3.94. The first kappa shape index (κ1) is 20.7. The van der Waals surface area contributed by atoms with Gasteiger partial charge in [0, 0.05) is 17.1 Å². The van der Waals surface area contributed by atoms with Crippen LogP contribution in [0.25, 0.3) is 11.8 Å². The lowest BCUT2D eigenvalue weighted by molar-refractivity contribution is -0.122. The summed E-state index contributed by atoms with van der Waals surface area (Å²) in [6.45, 7) is 5.75. The van der Waals surface area contributed by atoms with Crippen molar-refractivity contribution in [1.82, 2.24) is 9.88 Å². The van der Waals surface area contributed by atoms with Gasteiger partial charge in [-0.2, -0.15) is 0 Å². The first-order valence-corrected chi connectivity index (χ1v) is 10.1. The number of aromatic nitrogens is 1. The highest BCUT2D eigenvalue weighted by Crippen LogP contribution is 2.26. The molecule has 31 heavy (non-hydrogen) atoms. The number of rotatable bonds is 3. The SMILES string of the molecule is Cc1ccc(N2C(=O)C(=Cc3cc(C)n(-c4ccc(F)cc4)c3C)C(=O)NC2=S)cc1. The zero-order valence-corrected chi connectivity index (χ0v) is 18.1. The number of carbonyl (C=O) groups excluding carboxylic acids is 2. The number of halogens is 1. The minimum atomic E-state index is -0.537. The van der Waals surface area contributed by atoms with E-state index in [0.29, 0.717) is 5.69 Å². The number of hydrogen-bond acceptors (Lipinski definition) is 3. The van der Waals surface area contributed by atoms with Gasteiger partial charge in [0.2, 0.25) is 0 Å². The van der Waals surface area contributed by atoms with E-state index in [2.05, 4.69) is 5.32 Å². The van der Waals surface area contributed by atoms with Crippen LogP contribution >= 0.6 is 12.2 Å². The van der Waals surface area contributed by atoms with Gasteiger partial charge in [0.05, 0.1) is 5.69 Å². The second-order valence-electron chi connectivity index (χ2n) is 7.43. The molecule has 5 nitrogen and oxygen atoms in total. The Morgan fingerprint density at radius 1 is 0.935 bits per heavy atom. The lowest BCUT2D eigenvalue weighted by Gasteiger charge is -2.29. The molecule has 7 heteroatoms. The van der Waals surface area contributed by atoms with E-state index in [0.717, 1.165) is 28.2 Å². The van der Waals surface area contributed by atoms with E-state index < -0.39 is 11.8 Å². The number of amides is 2. The number of nitrogens with zero attached hydrogens (tertiary/aromatic N) is 2. The van der Waals surface area contributed by atoms with Crippen molar-refractivity contribution in [1.29, 1.82) is 0 Å². The number of benzene rings is 2. The van der Waals surface area contributed by atoms with Crippen LogP contribution in [0.4, 0.5) is 10.1 Å². The highest BCUT2D eigenvalue weighted by Gasteiger charge is 2.34. The molecule has 0 aliphatic carbocycles. The Kier molecular flexibility index (Phi) is 5.29. The minimum Gasteiger partial charge on any atom is -0.318 e. The van der Waals surface area contributed by atoms with Crippen molar-refractivity contribution >= 4 is 40.9 Å². The Morgan fingerprint density at radius 2 is 1.55 bits per heavy atom. The summed E-state index contributed by atoms with van der Waals surface area (Å²) in [5.41, 5.74) is 4.86. The molecule has 2 amide bonds. The van der Waals surface area contributed by atoms with Gasteiger partial charge in [0.25, 0.3) is 11.8 Å². The second kappa shape index (κ2) is 7.92. The summed E-state index contributed by atoms with van der Waals surface area (Å²) >= 11 is 5.25. The summed E-state index contributed by atoms with van der Waals surface area (Å²) in [5.74, 6) is -1.33. The lowest BCUT2D eigenvalue weighted by Crippen LogP contribution is -2.54. The van der Waals surface area contributed by atoms with Crippen molar-refractivity contribution < 1.29 is 14.0 Å². The Hall–Kier alpha value is -3.58. The van der Waals surface area contributed by atoms with Crippen LogP contribution in [0.1, 0.15) is 22.5 Å². The summed E-state index contributed by atoms with van der Waals surface area (Å²) in [7, 11) is 0. The van der Waals surface area contributed by atoms with E-state index in [4.69, 9.17) is 12.2 Å². The molecule has 0 spiro atoms. The molecule has 2 aromatic carbocycles.